The maximum atomic E-state index is 6.22. The molecule has 2 heteroatoms. The maximum absolute atomic E-state index is 6.22. The summed E-state index contributed by atoms with van der Waals surface area (Å²) in [6, 6.07) is 20.8. The van der Waals surface area contributed by atoms with Gasteiger partial charge in [-0.05, 0) is 60.6 Å². The van der Waals surface area contributed by atoms with E-state index in [0.29, 0.717) is 0 Å². The molecule has 0 fully saturated rings. The van der Waals surface area contributed by atoms with Gasteiger partial charge in [0, 0.05) is 16.3 Å². The zero-order chi connectivity index (χ0) is 15.6. The first-order valence-corrected chi connectivity index (χ1v) is 8.53. The number of hydrogen-bond donors (Lipinski definition) is 0. The van der Waals surface area contributed by atoms with E-state index < -0.39 is 0 Å². The van der Waals surface area contributed by atoms with Crippen LogP contribution in [-0.4, -0.2) is 4.98 Å². The molecule has 2 aromatic carbocycles. The van der Waals surface area contributed by atoms with Gasteiger partial charge in [-0.25, -0.2) is 0 Å². The van der Waals surface area contributed by atoms with Gasteiger partial charge < -0.3 is 0 Å². The molecule has 1 aliphatic rings. The molecule has 0 aliphatic heterocycles. The highest BCUT2D eigenvalue weighted by molar-refractivity contribution is 6.30. The molecule has 0 bridgehead atoms. The zero-order valence-corrected chi connectivity index (χ0v) is 13.7. The lowest BCUT2D eigenvalue weighted by Gasteiger charge is -2.20. The first-order valence-electron chi connectivity index (χ1n) is 8.15. The summed E-state index contributed by atoms with van der Waals surface area (Å²) in [4.78, 5) is 4.96. The first-order chi connectivity index (χ1) is 11.3. The number of aryl methyl sites for hydroxylation is 1. The molecular formula is C21H18ClN. The molecule has 23 heavy (non-hydrogen) atoms. The number of pyridine rings is 1. The van der Waals surface area contributed by atoms with Crippen molar-refractivity contribution in [3.63, 3.8) is 0 Å². The highest BCUT2D eigenvalue weighted by Gasteiger charge is 2.18. The minimum Gasteiger partial charge on any atom is -0.253 e. The summed E-state index contributed by atoms with van der Waals surface area (Å²) in [5.41, 5.74) is 7.36. The van der Waals surface area contributed by atoms with E-state index in [9.17, 15) is 0 Å². The van der Waals surface area contributed by atoms with Crippen LogP contribution in [0.2, 0.25) is 5.02 Å². The number of halogens is 1. The van der Waals surface area contributed by atoms with E-state index in [1.165, 1.54) is 40.8 Å². The van der Waals surface area contributed by atoms with E-state index >= 15 is 0 Å². The smallest absolute Gasteiger partial charge is 0.0711 e. The van der Waals surface area contributed by atoms with Gasteiger partial charge in [-0.1, -0.05) is 54.1 Å². The van der Waals surface area contributed by atoms with Gasteiger partial charge in [-0.3, -0.25) is 4.98 Å². The molecule has 1 nitrogen and oxygen atoms in total. The predicted molar refractivity (Wildman–Crippen MR) is 96.8 cm³/mol. The van der Waals surface area contributed by atoms with Crippen LogP contribution in [0.1, 0.15) is 24.1 Å². The third-order valence-corrected chi connectivity index (χ3v) is 4.74. The Kier molecular flexibility index (Phi) is 3.88. The van der Waals surface area contributed by atoms with Gasteiger partial charge in [0.1, 0.15) is 0 Å². The zero-order valence-electron chi connectivity index (χ0n) is 12.9. The van der Waals surface area contributed by atoms with E-state index in [-0.39, 0.29) is 0 Å². The van der Waals surface area contributed by atoms with Crippen LogP contribution >= 0.6 is 11.6 Å². The van der Waals surface area contributed by atoms with Gasteiger partial charge in [0.25, 0.3) is 0 Å². The summed E-state index contributed by atoms with van der Waals surface area (Å²) in [6.45, 7) is 0. The van der Waals surface area contributed by atoms with Crippen LogP contribution in [0.5, 0.6) is 0 Å². The Bertz CT molecular complexity index is 840. The van der Waals surface area contributed by atoms with Gasteiger partial charge in [-0.2, -0.15) is 0 Å². The molecule has 0 saturated heterocycles. The van der Waals surface area contributed by atoms with Crippen molar-refractivity contribution in [3.8, 4) is 22.4 Å². The average molecular weight is 320 g/mol. The van der Waals surface area contributed by atoms with Gasteiger partial charge in [0.05, 0.1) is 5.69 Å². The third-order valence-electron chi connectivity index (χ3n) is 4.51. The molecule has 4 rings (SSSR count). The van der Waals surface area contributed by atoms with Gasteiger partial charge in [0.2, 0.25) is 0 Å². The van der Waals surface area contributed by atoms with Crippen LogP contribution in [0.4, 0.5) is 0 Å². The SMILES string of the molecule is Clc1cccc(-c2cc(-c3ccccc3)nc3c2CCCC3)c1. The van der Waals surface area contributed by atoms with Crippen LogP contribution in [-0.2, 0) is 12.8 Å². The lowest BCUT2D eigenvalue weighted by Crippen LogP contribution is -2.08. The van der Waals surface area contributed by atoms with Crippen LogP contribution in [0.15, 0.2) is 60.7 Å². The molecular weight excluding hydrogens is 302 g/mol. The third kappa shape index (κ3) is 2.89. The lowest BCUT2D eigenvalue weighted by atomic mass is 9.88. The quantitative estimate of drug-likeness (QED) is 0.569. The number of rotatable bonds is 2. The van der Waals surface area contributed by atoms with Gasteiger partial charge in [0.15, 0.2) is 0 Å². The summed E-state index contributed by atoms with van der Waals surface area (Å²) in [5, 5.41) is 0.783. The largest absolute Gasteiger partial charge is 0.253 e. The molecule has 114 valence electrons. The summed E-state index contributed by atoms with van der Waals surface area (Å²) in [5.74, 6) is 0. The lowest BCUT2D eigenvalue weighted by molar-refractivity contribution is 0.670. The van der Waals surface area contributed by atoms with Crippen molar-refractivity contribution in [1.29, 1.82) is 0 Å². The van der Waals surface area contributed by atoms with Crippen molar-refractivity contribution < 1.29 is 0 Å². The Hall–Kier alpha value is -2.12. The molecule has 1 aliphatic carbocycles. The number of aromatic nitrogens is 1. The molecule has 0 amide bonds. The monoisotopic (exact) mass is 319 g/mol. The summed E-state index contributed by atoms with van der Waals surface area (Å²) in [7, 11) is 0. The van der Waals surface area contributed by atoms with Crippen molar-refractivity contribution >= 4 is 11.6 Å². The highest BCUT2D eigenvalue weighted by atomic mass is 35.5. The Balaban J connectivity index is 1.93. The fourth-order valence-corrected chi connectivity index (χ4v) is 3.57. The van der Waals surface area contributed by atoms with Gasteiger partial charge >= 0.3 is 0 Å². The highest BCUT2D eigenvalue weighted by Crippen LogP contribution is 2.34. The van der Waals surface area contributed by atoms with Crippen LogP contribution in [0.3, 0.4) is 0 Å². The van der Waals surface area contributed by atoms with Crippen LogP contribution in [0, 0.1) is 0 Å². The number of hydrogen-bond acceptors (Lipinski definition) is 1. The standard InChI is InChI=1S/C21H18ClN/c22-17-10-6-9-16(13-17)19-14-21(15-7-2-1-3-8-15)23-20-12-5-4-11-18(19)20/h1-3,6-10,13-14H,4-5,11-12H2. The summed E-state index contributed by atoms with van der Waals surface area (Å²) >= 11 is 6.22. The average Bonchev–Trinajstić information content (AvgIpc) is 2.61. The topological polar surface area (TPSA) is 12.9 Å². The molecule has 0 atom stereocenters. The van der Waals surface area contributed by atoms with E-state index in [0.717, 1.165) is 23.6 Å². The number of nitrogens with zero attached hydrogens (tertiary/aromatic N) is 1. The van der Waals surface area contributed by atoms with Crippen molar-refractivity contribution in [2.45, 2.75) is 25.7 Å². The Morgan fingerprint density at radius 3 is 2.39 bits per heavy atom. The van der Waals surface area contributed by atoms with Crippen molar-refractivity contribution in [1.82, 2.24) is 4.98 Å². The van der Waals surface area contributed by atoms with E-state index in [1.54, 1.807) is 0 Å². The normalized spacial score (nSPS) is 13.6. The maximum Gasteiger partial charge on any atom is 0.0711 e. The molecule has 0 radical (unpaired) electrons. The molecule has 1 heterocycles. The van der Waals surface area contributed by atoms with Crippen molar-refractivity contribution in [2.75, 3.05) is 0 Å². The van der Waals surface area contributed by atoms with E-state index in [4.69, 9.17) is 16.6 Å². The molecule has 0 unspecified atom stereocenters. The fraction of sp³-hybridized carbons (Fsp3) is 0.190. The van der Waals surface area contributed by atoms with Gasteiger partial charge in [-0.15, -0.1) is 0 Å². The van der Waals surface area contributed by atoms with E-state index in [1.807, 2.05) is 18.2 Å². The summed E-state index contributed by atoms with van der Waals surface area (Å²) in [6.07, 6.45) is 4.66. The predicted octanol–water partition coefficient (Wildman–Crippen LogP) is 5.95. The Morgan fingerprint density at radius 2 is 1.57 bits per heavy atom. The molecule has 3 aromatic rings. The number of benzene rings is 2. The fourth-order valence-electron chi connectivity index (χ4n) is 3.37. The van der Waals surface area contributed by atoms with Crippen molar-refractivity contribution in [3.05, 3.63) is 76.9 Å². The minimum absolute atomic E-state index is 0.783. The Labute approximate surface area is 142 Å². The molecule has 0 N–H and O–H groups in total. The Morgan fingerprint density at radius 1 is 0.783 bits per heavy atom. The van der Waals surface area contributed by atoms with Crippen LogP contribution in [0.25, 0.3) is 22.4 Å². The molecule has 0 spiro atoms. The second kappa shape index (κ2) is 6.17. The summed E-state index contributed by atoms with van der Waals surface area (Å²) < 4.78 is 0. The second-order valence-electron chi connectivity index (χ2n) is 6.06. The molecule has 0 saturated carbocycles. The van der Waals surface area contributed by atoms with Crippen LogP contribution < -0.4 is 0 Å². The van der Waals surface area contributed by atoms with E-state index in [2.05, 4.69) is 42.5 Å². The van der Waals surface area contributed by atoms with Crippen molar-refractivity contribution in [2.24, 2.45) is 0 Å². The second-order valence-corrected chi connectivity index (χ2v) is 6.50. The number of fused-ring (bicyclic) bond motifs is 1. The molecule has 1 aromatic heterocycles. The minimum atomic E-state index is 0.783. The first kappa shape index (κ1) is 14.5.